The number of benzene rings is 2. The standard InChI is InChI=1S/C16H13ClOS/c17-15-4-2-1-3-14(15)16(18)10-9-12-5-7-13(11-19)8-6-12/h1-8,11H,9-10H2. The summed E-state index contributed by atoms with van der Waals surface area (Å²) >= 11 is 10.9. The molecule has 2 aromatic carbocycles. The summed E-state index contributed by atoms with van der Waals surface area (Å²) in [4.78, 5) is 12.1. The molecule has 0 fully saturated rings. The van der Waals surface area contributed by atoms with E-state index in [0.717, 1.165) is 11.1 Å². The molecule has 0 unspecified atom stereocenters. The minimum atomic E-state index is 0.0736. The second kappa shape index (κ2) is 6.60. The highest BCUT2D eigenvalue weighted by atomic mass is 35.5. The number of rotatable bonds is 5. The molecule has 0 aromatic heterocycles. The fourth-order valence-electron chi connectivity index (χ4n) is 1.84. The third-order valence-electron chi connectivity index (χ3n) is 2.93. The van der Waals surface area contributed by atoms with E-state index in [2.05, 4.69) is 0 Å². The second-order valence-corrected chi connectivity index (χ2v) is 4.91. The van der Waals surface area contributed by atoms with E-state index in [1.807, 2.05) is 36.4 Å². The largest absolute Gasteiger partial charge is 0.294 e. The summed E-state index contributed by atoms with van der Waals surface area (Å²) in [5.41, 5.74) is 2.73. The Bertz CT molecular complexity index is 590. The fraction of sp³-hybridized carbons (Fsp3) is 0.125. The number of halogens is 1. The van der Waals surface area contributed by atoms with Gasteiger partial charge in [-0.2, -0.15) is 0 Å². The lowest BCUT2D eigenvalue weighted by molar-refractivity contribution is 0.0983. The quantitative estimate of drug-likeness (QED) is 0.595. The van der Waals surface area contributed by atoms with Crippen LogP contribution >= 0.6 is 23.8 Å². The van der Waals surface area contributed by atoms with Crippen molar-refractivity contribution in [3.8, 4) is 0 Å². The number of aryl methyl sites for hydroxylation is 1. The summed E-state index contributed by atoms with van der Waals surface area (Å²) in [6.45, 7) is 0. The zero-order chi connectivity index (χ0) is 13.7. The van der Waals surface area contributed by atoms with Crippen molar-refractivity contribution in [2.24, 2.45) is 0 Å². The summed E-state index contributed by atoms with van der Waals surface area (Å²) in [7, 11) is 0. The number of hydrogen-bond donors (Lipinski definition) is 0. The van der Waals surface area contributed by atoms with Crippen molar-refractivity contribution in [3.63, 3.8) is 0 Å². The van der Waals surface area contributed by atoms with Gasteiger partial charge in [-0.05, 0) is 29.7 Å². The van der Waals surface area contributed by atoms with Crippen LogP contribution in [0.25, 0.3) is 0 Å². The average molecular weight is 289 g/mol. The average Bonchev–Trinajstić information content (AvgIpc) is 2.46. The highest BCUT2D eigenvalue weighted by molar-refractivity contribution is 7.79. The van der Waals surface area contributed by atoms with Crippen LogP contribution in [0.3, 0.4) is 0 Å². The molecule has 0 spiro atoms. The van der Waals surface area contributed by atoms with E-state index in [1.54, 1.807) is 17.5 Å². The summed E-state index contributed by atoms with van der Waals surface area (Å²) in [6.07, 6.45) is 1.17. The zero-order valence-electron chi connectivity index (χ0n) is 10.3. The molecule has 0 aliphatic carbocycles. The highest BCUT2D eigenvalue weighted by Crippen LogP contribution is 2.17. The molecular formula is C16H13ClOS. The fourth-order valence-corrected chi connectivity index (χ4v) is 2.24. The zero-order valence-corrected chi connectivity index (χ0v) is 11.9. The van der Waals surface area contributed by atoms with Crippen molar-refractivity contribution in [2.75, 3.05) is 0 Å². The minimum absolute atomic E-state index is 0.0736. The molecule has 0 saturated carbocycles. The second-order valence-electron chi connectivity index (χ2n) is 4.26. The Hall–Kier alpha value is -1.51. The van der Waals surface area contributed by atoms with Gasteiger partial charge in [0, 0.05) is 17.4 Å². The molecule has 0 bridgehead atoms. The molecule has 0 saturated heterocycles. The van der Waals surface area contributed by atoms with E-state index in [1.165, 1.54) is 0 Å². The van der Waals surface area contributed by atoms with Gasteiger partial charge in [-0.3, -0.25) is 4.79 Å². The van der Waals surface area contributed by atoms with Crippen LogP contribution in [0.15, 0.2) is 48.5 Å². The van der Waals surface area contributed by atoms with Crippen molar-refractivity contribution < 1.29 is 4.79 Å². The maximum Gasteiger partial charge on any atom is 0.164 e. The summed E-state index contributed by atoms with van der Waals surface area (Å²) in [6, 6.07) is 15.1. The summed E-state index contributed by atoms with van der Waals surface area (Å²) < 4.78 is 0. The molecule has 96 valence electrons. The molecule has 0 aliphatic rings. The molecule has 1 nitrogen and oxygen atoms in total. The Balaban J connectivity index is 2.00. The van der Waals surface area contributed by atoms with Crippen LogP contribution in [0, 0.1) is 0 Å². The third-order valence-corrected chi connectivity index (χ3v) is 3.53. The van der Waals surface area contributed by atoms with Gasteiger partial charge in [0.05, 0.1) is 5.02 Å². The Morgan fingerprint density at radius 2 is 1.79 bits per heavy atom. The lowest BCUT2D eigenvalue weighted by Gasteiger charge is -2.04. The molecule has 19 heavy (non-hydrogen) atoms. The molecule has 0 radical (unpaired) electrons. The van der Waals surface area contributed by atoms with Crippen molar-refractivity contribution in [1.82, 2.24) is 0 Å². The van der Waals surface area contributed by atoms with Gasteiger partial charge in [-0.1, -0.05) is 60.2 Å². The Morgan fingerprint density at radius 3 is 2.42 bits per heavy atom. The molecular weight excluding hydrogens is 276 g/mol. The minimum Gasteiger partial charge on any atom is -0.294 e. The Kier molecular flexibility index (Phi) is 4.83. The van der Waals surface area contributed by atoms with Crippen LogP contribution in [0.2, 0.25) is 5.02 Å². The first-order chi connectivity index (χ1) is 9.20. The van der Waals surface area contributed by atoms with Crippen LogP contribution in [0.1, 0.15) is 27.9 Å². The van der Waals surface area contributed by atoms with Crippen molar-refractivity contribution in [1.29, 1.82) is 0 Å². The highest BCUT2D eigenvalue weighted by Gasteiger charge is 2.09. The van der Waals surface area contributed by atoms with Crippen LogP contribution in [0.4, 0.5) is 0 Å². The van der Waals surface area contributed by atoms with Crippen molar-refractivity contribution in [2.45, 2.75) is 12.8 Å². The molecule has 2 aromatic rings. The number of carbonyl (C=O) groups is 1. The van der Waals surface area contributed by atoms with Gasteiger partial charge in [0.25, 0.3) is 0 Å². The van der Waals surface area contributed by atoms with Gasteiger partial charge in [0.2, 0.25) is 0 Å². The smallest absolute Gasteiger partial charge is 0.164 e. The van der Waals surface area contributed by atoms with E-state index < -0.39 is 0 Å². The van der Waals surface area contributed by atoms with Gasteiger partial charge in [-0.15, -0.1) is 0 Å². The van der Waals surface area contributed by atoms with Crippen LogP contribution < -0.4 is 0 Å². The monoisotopic (exact) mass is 288 g/mol. The Morgan fingerprint density at radius 1 is 1.11 bits per heavy atom. The molecule has 0 aliphatic heterocycles. The number of thiocarbonyl (C=S) groups is 1. The van der Waals surface area contributed by atoms with E-state index in [-0.39, 0.29) is 5.78 Å². The van der Waals surface area contributed by atoms with E-state index >= 15 is 0 Å². The van der Waals surface area contributed by atoms with Gasteiger partial charge in [-0.25, -0.2) is 0 Å². The van der Waals surface area contributed by atoms with Crippen LogP contribution in [0.5, 0.6) is 0 Å². The predicted octanol–water partition coefficient (Wildman–Crippen LogP) is 4.50. The maximum absolute atomic E-state index is 12.1. The topological polar surface area (TPSA) is 17.1 Å². The van der Waals surface area contributed by atoms with Crippen molar-refractivity contribution in [3.05, 3.63) is 70.2 Å². The van der Waals surface area contributed by atoms with E-state index in [4.69, 9.17) is 23.8 Å². The van der Waals surface area contributed by atoms with Crippen molar-refractivity contribution >= 4 is 35.0 Å². The number of Topliss-reactive ketones (excluding diaryl/α,β-unsaturated/α-hetero) is 1. The lowest BCUT2D eigenvalue weighted by Crippen LogP contribution is -2.02. The summed E-state index contributed by atoms with van der Waals surface area (Å²) in [5, 5.41) is 2.15. The SMILES string of the molecule is O=C(CCc1ccc(C=S)cc1)c1ccccc1Cl. The number of ketones is 1. The van der Waals surface area contributed by atoms with Gasteiger partial charge >= 0.3 is 0 Å². The van der Waals surface area contributed by atoms with E-state index in [0.29, 0.717) is 23.4 Å². The molecule has 3 heteroatoms. The van der Waals surface area contributed by atoms with E-state index in [9.17, 15) is 4.79 Å². The first kappa shape index (κ1) is 13.9. The normalized spacial score (nSPS) is 10.2. The lowest BCUT2D eigenvalue weighted by atomic mass is 10.0. The number of carbonyl (C=O) groups excluding carboxylic acids is 1. The Labute approximate surface area is 123 Å². The third kappa shape index (κ3) is 3.72. The molecule has 0 heterocycles. The van der Waals surface area contributed by atoms with Gasteiger partial charge in [0.1, 0.15) is 0 Å². The predicted molar refractivity (Wildman–Crippen MR) is 83.3 cm³/mol. The molecule has 2 rings (SSSR count). The van der Waals surface area contributed by atoms with Gasteiger partial charge < -0.3 is 0 Å². The first-order valence-electron chi connectivity index (χ1n) is 6.02. The maximum atomic E-state index is 12.1. The van der Waals surface area contributed by atoms with Gasteiger partial charge in [0.15, 0.2) is 5.78 Å². The molecule has 0 amide bonds. The first-order valence-corrected chi connectivity index (χ1v) is 6.87. The van der Waals surface area contributed by atoms with Crippen LogP contribution in [-0.4, -0.2) is 11.2 Å². The molecule has 0 atom stereocenters. The summed E-state index contributed by atoms with van der Waals surface area (Å²) in [5.74, 6) is 0.0736. The van der Waals surface area contributed by atoms with Crippen LogP contribution in [-0.2, 0) is 6.42 Å². The molecule has 0 N–H and O–H groups in total. The number of hydrogen-bond acceptors (Lipinski definition) is 2.